The number of urea groups is 1. The number of rotatable bonds is 3. The van der Waals surface area contributed by atoms with Gasteiger partial charge in [-0.05, 0) is 37.5 Å². The quantitative estimate of drug-likeness (QED) is 0.758. The number of likely N-dealkylation sites (tertiary alicyclic amines) is 2. The number of nitrogens with one attached hydrogen (secondary N) is 1. The maximum atomic E-state index is 12.2. The molecule has 1 saturated carbocycles. The van der Waals surface area contributed by atoms with Gasteiger partial charge in [-0.3, -0.25) is 4.79 Å². The second-order valence-electron chi connectivity index (χ2n) is 7.45. The SMILES string of the molecule is CN(C)C(=O)N1C[C@H]2CC(NCC(=O)N3CCC[C@H]3N)C[C@H]2C1. The second kappa shape index (κ2) is 6.65. The van der Waals surface area contributed by atoms with Crippen LogP contribution in [0.15, 0.2) is 0 Å². The Morgan fingerprint density at radius 1 is 1.22 bits per heavy atom. The van der Waals surface area contributed by atoms with E-state index in [1.807, 2.05) is 4.90 Å². The number of fused-ring (bicyclic) bond motifs is 1. The standard InChI is InChI=1S/C16H29N5O2/c1-19(2)16(23)20-9-11-6-13(7-12(11)10-20)18-8-15(22)21-5-3-4-14(21)17/h11-14,18H,3-10,17H2,1-2H3/t11-,12+,13?,14-/m0/s1. The molecule has 4 atom stereocenters. The molecule has 3 rings (SSSR count). The van der Waals surface area contributed by atoms with Crippen LogP contribution in [0.2, 0.25) is 0 Å². The van der Waals surface area contributed by atoms with Crippen molar-refractivity contribution in [2.24, 2.45) is 17.6 Å². The summed E-state index contributed by atoms with van der Waals surface area (Å²) < 4.78 is 0. The molecule has 3 amide bonds. The lowest BCUT2D eigenvalue weighted by atomic mass is 10.0. The smallest absolute Gasteiger partial charge is 0.319 e. The summed E-state index contributed by atoms with van der Waals surface area (Å²) in [4.78, 5) is 29.6. The molecule has 130 valence electrons. The average Bonchev–Trinajstić information content (AvgIpc) is 3.17. The van der Waals surface area contributed by atoms with Crippen molar-refractivity contribution in [1.29, 1.82) is 0 Å². The third-order valence-corrected chi connectivity index (χ3v) is 5.57. The van der Waals surface area contributed by atoms with Crippen LogP contribution in [0.4, 0.5) is 4.79 Å². The van der Waals surface area contributed by atoms with E-state index in [1.165, 1.54) is 0 Å². The van der Waals surface area contributed by atoms with Gasteiger partial charge in [0.2, 0.25) is 5.91 Å². The summed E-state index contributed by atoms with van der Waals surface area (Å²) in [5, 5.41) is 3.41. The Morgan fingerprint density at radius 3 is 2.39 bits per heavy atom. The van der Waals surface area contributed by atoms with Crippen molar-refractivity contribution in [1.82, 2.24) is 20.0 Å². The van der Waals surface area contributed by atoms with E-state index < -0.39 is 0 Å². The van der Waals surface area contributed by atoms with Crippen molar-refractivity contribution < 1.29 is 9.59 Å². The summed E-state index contributed by atoms with van der Waals surface area (Å²) in [7, 11) is 3.60. The van der Waals surface area contributed by atoms with E-state index in [-0.39, 0.29) is 18.1 Å². The first-order chi connectivity index (χ1) is 11.0. The number of amides is 3. The molecule has 1 unspecified atom stereocenters. The maximum absolute atomic E-state index is 12.2. The third-order valence-electron chi connectivity index (χ3n) is 5.57. The Bertz CT molecular complexity index is 455. The minimum Gasteiger partial charge on any atom is -0.331 e. The molecule has 2 saturated heterocycles. The zero-order valence-electron chi connectivity index (χ0n) is 14.2. The predicted octanol–water partition coefficient (Wildman–Crippen LogP) is -0.125. The highest BCUT2D eigenvalue weighted by Crippen LogP contribution is 2.38. The average molecular weight is 323 g/mol. The molecule has 0 aromatic carbocycles. The molecule has 0 spiro atoms. The summed E-state index contributed by atoms with van der Waals surface area (Å²) in [6.07, 6.45) is 3.94. The van der Waals surface area contributed by atoms with Crippen molar-refractivity contribution in [2.45, 2.75) is 37.9 Å². The van der Waals surface area contributed by atoms with Crippen molar-refractivity contribution in [3.8, 4) is 0 Å². The summed E-state index contributed by atoms with van der Waals surface area (Å²) in [6, 6.07) is 0.506. The largest absolute Gasteiger partial charge is 0.331 e. The van der Waals surface area contributed by atoms with Crippen LogP contribution in [0.1, 0.15) is 25.7 Å². The molecule has 7 heteroatoms. The minimum atomic E-state index is -0.0992. The highest BCUT2D eigenvalue weighted by atomic mass is 16.2. The Hall–Kier alpha value is -1.34. The molecule has 0 bridgehead atoms. The van der Waals surface area contributed by atoms with E-state index >= 15 is 0 Å². The fraction of sp³-hybridized carbons (Fsp3) is 0.875. The van der Waals surface area contributed by atoms with Crippen LogP contribution in [0.5, 0.6) is 0 Å². The van der Waals surface area contributed by atoms with Gasteiger partial charge in [-0.15, -0.1) is 0 Å². The van der Waals surface area contributed by atoms with Gasteiger partial charge in [0.15, 0.2) is 0 Å². The summed E-state index contributed by atoms with van der Waals surface area (Å²) in [5.74, 6) is 1.26. The van der Waals surface area contributed by atoms with Gasteiger partial charge in [-0.2, -0.15) is 0 Å². The molecule has 0 aromatic heterocycles. The van der Waals surface area contributed by atoms with E-state index in [9.17, 15) is 9.59 Å². The van der Waals surface area contributed by atoms with Crippen LogP contribution in [0, 0.1) is 11.8 Å². The Balaban J connectivity index is 1.42. The Labute approximate surface area is 138 Å². The third kappa shape index (κ3) is 3.45. The van der Waals surface area contributed by atoms with Gasteiger partial charge in [0.1, 0.15) is 0 Å². The number of carbonyl (C=O) groups is 2. The molecule has 3 aliphatic rings. The number of hydrogen-bond donors (Lipinski definition) is 2. The molecule has 3 fully saturated rings. The van der Waals surface area contributed by atoms with E-state index in [1.54, 1.807) is 23.9 Å². The number of nitrogens with zero attached hydrogens (tertiary/aromatic N) is 3. The lowest BCUT2D eigenvalue weighted by molar-refractivity contribution is -0.131. The first kappa shape index (κ1) is 16.5. The van der Waals surface area contributed by atoms with Gasteiger partial charge >= 0.3 is 6.03 Å². The lowest BCUT2D eigenvalue weighted by Crippen LogP contribution is -2.46. The zero-order chi connectivity index (χ0) is 16.6. The van der Waals surface area contributed by atoms with Crippen LogP contribution >= 0.6 is 0 Å². The van der Waals surface area contributed by atoms with Crippen LogP contribution in [0.25, 0.3) is 0 Å². The van der Waals surface area contributed by atoms with E-state index in [2.05, 4.69) is 5.32 Å². The minimum absolute atomic E-state index is 0.0992. The number of hydrogen-bond acceptors (Lipinski definition) is 4. The molecule has 1 aliphatic carbocycles. The molecule has 0 aromatic rings. The maximum Gasteiger partial charge on any atom is 0.319 e. The van der Waals surface area contributed by atoms with Crippen LogP contribution < -0.4 is 11.1 Å². The van der Waals surface area contributed by atoms with Gasteiger partial charge in [-0.1, -0.05) is 0 Å². The van der Waals surface area contributed by atoms with Crippen LogP contribution in [0.3, 0.4) is 0 Å². The first-order valence-electron chi connectivity index (χ1n) is 8.70. The van der Waals surface area contributed by atoms with Gasteiger partial charge in [0.25, 0.3) is 0 Å². The van der Waals surface area contributed by atoms with Gasteiger partial charge < -0.3 is 25.8 Å². The fourth-order valence-electron chi connectivity index (χ4n) is 4.34. The number of carbonyl (C=O) groups excluding carboxylic acids is 2. The highest BCUT2D eigenvalue weighted by Gasteiger charge is 2.42. The monoisotopic (exact) mass is 323 g/mol. The zero-order valence-corrected chi connectivity index (χ0v) is 14.2. The van der Waals surface area contributed by atoms with E-state index in [0.29, 0.717) is 24.4 Å². The molecule has 7 nitrogen and oxygen atoms in total. The van der Waals surface area contributed by atoms with Crippen molar-refractivity contribution in [3.63, 3.8) is 0 Å². The van der Waals surface area contributed by atoms with Crippen LogP contribution in [-0.4, -0.2) is 79.1 Å². The van der Waals surface area contributed by atoms with Gasteiger partial charge in [-0.25, -0.2) is 4.79 Å². The molecule has 2 heterocycles. The van der Waals surface area contributed by atoms with Gasteiger partial charge in [0, 0.05) is 39.8 Å². The van der Waals surface area contributed by atoms with E-state index in [0.717, 1.165) is 45.3 Å². The van der Waals surface area contributed by atoms with Crippen LogP contribution in [-0.2, 0) is 4.79 Å². The molecular formula is C16H29N5O2. The topological polar surface area (TPSA) is 81.9 Å². The normalized spacial score (nSPS) is 33.2. The molecule has 0 radical (unpaired) electrons. The second-order valence-corrected chi connectivity index (χ2v) is 7.45. The van der Waals surface area contributed by atoms with Crippen molar-refractivity contribution in [2.75, 3.05) is 40.3 Å². The predicted molar refractivity (Wildman–Crippen MR) is 87.6 cm³/mol. The highest BCUT2D eigenvalue weighted by molar-refractivity contribution is 5.78. The Kier molecular flexibility index (Phi) is 4.77. The van der Waals surface area contributed by atoms with Crippen molar-refractivity contribution in [3.05, 3.63) is 0 Å². The van der Waals surface area contributed by atoms with Gasteiger partial charge in [0.05, 0.1) is 12.7 Å². The van der Waals surface area contributed by atoms with Crippen molar-refractivity contribution >= 4 is 11.9 Å². The molecule has 2 aliphatic heterocycles. The van der Waals surface area contributed by atoms with E-state index in [4.69, 9.17) is 5.73 Å². The first-order valence-corrected chi connectivity index (χ1v) is 8.70. The summed E-state index contributed by atoms with van der Waals surface area (Å²) in [5.41, 5.74) is 5.94. The number of nitrogens with two attached hydrogens (primary N) is 1. The molecule has 3 N–H and O–H groups in total. The lowest BCUT2D eigenvalue weighted by Gasteiger charge is -2.24. The fourth-order valence-corrected chi connectivity index (χ4v) is 4.34. The summed E-state index contributed by atoms with van der Waals surface area (Å²) >= 11 is 0. The Morgan fingerprint density at radius 2 is 1.87 bits per heavy atom. The summed E-state index contributed by atoms with van der Waals surface area (Å²) in [6.45, 7) is 2.88. The molecular weight excluding hydrogens is 294 g/mol. The molecule has 23 heavy (non-hydrogen) atoms.